The second kappa shape index (κ2) is 7.24. The van der Waals surface area contributed by atoms with Crippen molar-refractivity contribution in [1.29, 1.82) is 0 Å². The molecule has 3 heterocycles. The molecule has 2 N–H and O–H groups in total. The number of phenols is 1. The first-order chi connectivity index (χ1) is 13.8. The van der Waals surface area contributed by atoms with Crippen molar-refractivity contribution in [3.8, 4) is 5.75 Å². The summed E-state index contributed by atoms with van der Waals surface area (Å²) in [6.07, 6.45) is 5.99. The zero-order valence-electron chi connectivity index (χ0n) is 15.9. The van der Waals surface area contributed by atoms with Crippen molar-refractivity contribution in [2.75, 3.05) is 37.6 Å². The van der Waals surface area contributed by atoms with E-state index >= 15 is 0 Å². The molecule has 1 aliphatic rings. The maximum absolute atomic E-state index is 9.74. The Morgan fingerprint density at radius 1 is 1.00 bits per heavy atom. The van der Waals surface area contributed by atoms with E-state index in [1.54, 1.807) is 12.3 Å². The number of nitrogens with zero attached hydrogens (tertiary/aromatic N) is 2. The van der Waals surface area contributed by atoms with Crippen molar-refractivity contribution >= 4 is 27.6 Å². The van der Waals surface area contributed by atoms with Crippen molar-refractivity contribution in [1.82, 2.24) is 9.88 Å². The van der Waals surface area contributed by atoms with Gasteiger partial charge in [-0.05, 0) is 67.4 Å². The van der Waals surface area contributed by atoms with Gasteiger partial charge < -0.3 is 19.4 Å². The quantitative estimate of drug-likeness (QED) is 0.544. The summed E-state index contributed by atoms with van der Waals surface area (Å²) in [4.78, 5) is 8.32. The molecular formula is C23H25N3O2. The Hall–Kier alpha value is -2.92. The predicted octanol–water partition coefficient (Wildman–Crippen LogP) is 4.37. The van der Waals surface area contributed by atoms with Gasteiger partial charge in [0.25, 0.3) is 0 Å². The maximum Gasteiger partial charge on any atom is 0.133 e. The van der Waals surface area contributed by atoms with Crippen LogP contribution in [-0.4, -0.2) is 47.7 Å². The number of hydrogen-bond acceptors (Lipinski definition) is 4. The Kier molecular flexibility index (Phi) is 4.45. The SMILES string of the molecule is Oc1ccc2[nH]cc(CCCN3CCN(c4ccc5occc5c4)CC3)c2c1. The summed E-state index contributed by atoms with van der Waals surface area (Å²) in [6.45, 7) is 5.42. The van der Waals surface area contributed by atoms with E-state index in [9.17, 15) is 5.11 Å². The lowest BCUT2D eigenvalue weighted by molar-refractivity contribution is 0.255. The largest absolute Gasteiger partial charge is 0.508 e. The number of aryl methyl sites for hydroxylation is 1. The number of H-pyrrole nitrogens is 1. The minimum absolute atomic E-state index is 0.332. The third kappa shape index (κ3) is 3.34. The van der Waals surface area contributed by atoms with Crippen LogP contribution in [0.15, 0.2) is 59.3 Å². The van der Waals surface area contributed by atoms with Crippen LogP contribution in [0.2, 0.25) is 0 Å². The number of nitrogens with one attached hydrogen (secondary N) is 1. The molecule has 0 amide bonds. The summed E-state index contributed by atoms with van der Waals surface area (Å²) >= 11 is 0. The van der Waals surface area contributed by atoms with Crippen LogP contribution in [0.5, 0.6) is 5.75 Å². The molecule has 0 spiro atoms. The normalized spacial score (nSPS) is 15.6. The lowest BCUT2D eigenvalue weighted by Gasteiger charge is -2.36. The average molecular weight is 375 g/mol. The second-order valence-electron chi connectivity index (χ2n) is 7.62. The molecule has 0 unspecified atom stereocenters. The van der Waals surface area contributed by atoms with Gasteiger partial charge in [-0.25, -0.2) is 0 Å². The summed E-state index contributed by atoms with van der Waals surface area (Å²) in [7, 11) is 0. The van der Waals surface area contributed by atoms with E-state index in [0.29, 0.717) is 5.75 Å². The third-order valence-corrected chi connectivity index (χ3v) is 5.84. The van der Waals surface area contributed by atoms with Crippen molar-refractivity contribution < 1.29 is 9.52 Å². The number of aromatic amines is 1. The minimum Gasteiger partial charge on any atom is -0.508 e. The van der Waals surface area contributed by atoms with Crippen LogP contribution in [0.1, 0.15) is 12.0 Å². The average Bonchev–Trinajstić information content (AvgIpc) is 3.35. The van der Waals surface area contributed by atoms with E-state index in [-0.39, 0.29) is 0 Å². The van der Waals surface area contributed by atoms with E-state index in [4.69, 9.17) is 4.42 Å². The zero-order chi connectivity index (χ0) is 18.9. The smallest absolute Gasteiger partial charge is 0.133 e. The molecule has 0 radical (unpaired) electrons. The summed E-state index contributed by atoms with van der Waals surface area (Å²) in [5.41, 5.74) is 4.62. The fourth-order valence-corrected chi connectivity index (χ4v) is 4.25. The maximum atomic E-state index is 9.74. The number of fused-ring (bicyclic) bond motifs is 2. The summed E-state index contributed by atoms with van der Waals surface area (Å²) in [6, 6.07) is 14.0. The highest BCUT2D eigenvalue weighted by molar-refractivity contribution is 5.84. The van der Waals surface area contributed by atoms with Gasteiger partial charge in [-0.2, -0.15) is 0 Å². The van der Waals surface area contributed by atoms with Gasteiger partial charge in [-0.3, -0.25) is 4.90 Å². The molecule has 2 aromatic heterocycles. The molecule has 0 saturated carbocycles. The van der Waals surface area contributed by atoms with Crippen molar-refractivity contribution in [2.24, 2.45) is 0 Å². The van der Waals surface area contributed by atoms with Crippen molar-refractivity contribution in [3.05, 3.63) is 60.5 Å². The highest BCUT2D eigenvalue weighted by atomic mass is 16.3. The van der Waals surface area contributed by atoms with E-state index in [2.05, 4.69) is 39.2 Å². The predicted molar refractivity (Wildman–Crippen MR) is 113 cm³/mol. The Morgan fingerprint density at radius 3 is 2.79 bits per heavy atom. The topological polar surface area (TPSA) is 55.6 Å². The Labute approximate surface area is 164 Å². The molecule has 4 aromatic rings. The summed E-state index contributed by atoms with van der Waals surface area (Å²) in [5.74, 6) is 0.332. The lowest BCUT2D eigenvalue weighted by Crippen LogP contribution is -2.46. The first kappa shape index (κ1) is 17.2. The number of anilines is 1. The van der Waals surface area contributed by atoms with E-state index in [0.717, 1.165) is 62.1 Å². The molecule has 144 valence electrons. The molecule has 5 rings (SSSR count). The monoisotopic (exact) mass is 375 g/mol. The third-order valence-electron chi connectivity index (χ3n) is 5.84. The van der Waals surface area contributed by atoms with Gasteiger partial charge in [0, 0.05) is 54.4 Å². The first-order valence-electron chi connectivity index (χ1n) is 10.00. The highest BCUT2D eigenvalue weighted by Gasteiger charge is 2.17. The number of furan rings is 1. The molecule has 1 aliphatic heterocycles. The van der Waals surface area contributed by atoms with Crippen LogP contribution in [0.25, 0.3) is 21.9 Å². The van der Waals surface area contributed by atoms with Crippen molar-refractivity contribution in [2.45, 2.75) is 12.8 Å². The Balaban J connectivity index is 1.14. The van der Waals surface area contributed by atoms with Crippen LogP contribution in [-0.2, 0) is 6.42 Å². The lowest BCUT2D eigenvalue weighted by atomic mass is 10.1. The molecule has 1 fully saturated rings. The number of rotatable bonds is 5. The van der Waals surface area contributed by atoms with Gasteiger partial charge in [0.2, 0.25) is 0 Å². The number of piperazine rings is 1. The molecule has 2 aromatic carbocycles. The molecule has 0 aliphatic carbocycles. The van der Waals surface area contributed by atoms with E-state index < -0.39 is 0 Å². The van der Waals surface area contributed by atoms with Gasteiger partial charge in [0.05, 0.1) is 6.26 Å². The van der Waals surface area contributed by atoms with Gasteiger partial charge in [-0.15, -0.1) is 0 Å². The molecule has 5 nitrogen and oxygen atoms in total. The number of hydrogen-bond donors (Lipinski definition) is 2. The van der Waals surface area contributed by atoms with E-state index in [1.807, 2.05) is 18.2 Å². The Morgan fingerprint density at radius 2 is 1.89 bits per heavy atom. The first-order valence-corrected chi connectivity index (χ1v) is 10.00. The standard InChI is InChI=1S/C23H25N3O2/c27-20-4-5-22-21(15-20)18(16-24-22)2-1-8-25-9-11-26(12-10-25)19-3-6-23-17(14-19)7-13-28-23/h3-7,13-16,24,27H,1-2,8-12H2. The molecule has 0 bridgehead atoms. The summed E-state index contributed by atoms with van der Waals surface area (Å²) < 4.78 is 5.44. The van der Waals surface area contributed by atoms with Gasteiger partial charge in [-0.1, -0.05) is 0 Å². The molecule has 0 atom stereocenters. The number of aromatic hydroxyl groups is 1. The highest BCUT2D eigenvalue weighted by Crippen LogP contribution is 2.25. The number of benzene rings is 2. The van der Waals surface area contributed by atoms with Gasteiger partial charge in [0.15, 0.2) is 0 Å². The van der Waals surface area contributed by atoms with Crippen LogP contribution in [0, 0.1) is 0 Å². The molecule has 5 heteroatoms. The summed E-state index contributed by atoms with van der Waals surface area (Å²) in [5, 5.41) is 12.0. The fraction of sp³-hybridized carbons (Fsp3) is 0.304. The molecular weight excluding hydrogens is 350 g/mol. The van der Waals surface area contributed by atoms with Crippen LogP contribution in [0.3, 0.4) is 0 Å². The van der Waals surface area contributed by atoms with E-state index in [1.165, 1.54) is 16.6 Å². The molecule has 28 heavy (non-hydrogen) atoms. The number of phenolic OH excluding ortho intramolecular Hbond substituents is 1. The zero-order valence-corrected chi connectivity index (χ0v) is 15.9. The van der Waals surface area contributed by atoms with Crippen LogP contribution < -0.4 is 4.90 Å². The minimum atomic E-state index is 0.332. The van der Waals surface area contributed by atoms with Gasteiger partial charge >= 0.3 is 0 Å². The number of aromatic nitrogens is 1. The Bertz CT molecular complexity index is 1090. The van der Waals surface area contributed by atoms with Crippen LogP contribution in [0.4, 0.5) is 5.69 Å². The molecule has 1 saturated heterocycles. The fourth-order valence-electron chi connectivity index (χ4n) is 4.25. The van der Waals surface area contributed by atoms with Crippen LogP contribution >= 0.6 is 0 Å². The van der Waals surface area contributed by atoms with Gasteiger partial charge in [0.1, 0.15) is 11.3 Å². The van der Waals surface area contributed by atoms with Crippen molar-refractivity contribution in [3.63, 3.8) is 0 Å². The second-order valence-corrected chi connectivity index (χ2v) is 7.62.